The smallest absolute Gasteiger partial charge is 0.246 e. The molecule has 0 unspecified atom stereocenters. The van der Waals surface area contributed by atoms with Crippen LogP contribution in [0.4, 0.5) is 11.4 Å². The van der Waals surface area contributed by atoms with Crippen LogP contribution in [-0.4, -0.2) is 65.1 Å². The molecule has 9 heteroatoms. The van der Waals surface area contributed by atoms with E-state index in [1.165, 1.54) is 17.5 Å². The number of nitrogens with zero attached hydrogens (tertiary/aromatic N) is 2. The lowest BCUT2D eigenvalue weighted by molar-refractivity contribution is -0.115. The minimum Gasteiger partial charge on any atom is -0.495 e. The maximum atomic E-state index is 13.1. The predicted octanol–water partition coefficient (Wildman–Crippen LogP) is 2.74. The van der Waals surface area contributed by atoms with E-state index in [4.69, 9.17) is 9.47 Å². The second-order valence-corrected chi connectivity index (χ2v) is 9.35. The van der Waals surface area contributed by atoms with Gasteiger partial charge in [-0.3, -0.25) is 4.79 Å². The third-order valence-electron chi connectivity index (χ3n) is 5.46. The van der Waals surface area contributed by atoms with Crippen molar-refractivity contribution in [3.05, 3.63) is 48.0 Å². The van der Waals surface area contributed by atoms with E-state index in [1.807, 2.05) is 24.3 Å². The third-order valence-corrected chi connectivity index (χ3v) is 7.38. The highest BCUT2D eigenvalue weighted by Crippen LogP contribution is 2.29. The Bertz CT molecular complexity index is 1010. The molecule has 32 heavy (non-hydrogen) atoms. The van der Waals surface area contributed by atoms with Crippen LogP contribution in [0, 0.1) is 0 Å². The molecule has 1 amide bonds. The Balaban J connectivity index is 1.73. The predicted molar refractivity (Wildman–Crippen MR) is 125 cm³/mol. The Hall–Kier alpha value is -2.62. The summed E-state index contributed by atoms with van der Waals surface area (Å²) in [5.74, 6) is 0.0353. The lowest BCUT2D eigenvalue weighted by Crippen LogP contribution is -2.40. The van der Waals surface area contributed by atoms with Gasteiger partial charge in [-0.15, -0.1) is 0 Å². The summed E-state index contributed by atoms with van der Waals surface area (Å²) in [6, 6.07) is 12.5. The van der Waals surface area contributed by atoms with Gasteiger partial charge in [0.1, 0.15) is 10.6 Å². The van der Waals surface area contributed by atoms with Crippen LogP contribution < -0.4 is 15.0 Å². The molecule has 8 nitrogen and oxygen atoms in total. The van der Waals surface area contributed by atoms with Crippen molar-refractivity contribution in [2.45, 2.75) is 25.2 Å². The average Bonchev–Trinajstić information content (AvgIpc) is 2.81. The zero-order chi connectivity index (χ0) is 23.1. The molecule has 1 saturated heterocycles. The summed E-state index contributed by atoms with van der Waals surface area (Å²) < 4.78 is 38.2. The van der Waals surface area contributed by atoms with Crippen LogP contribution in [0.3, 0.4) is 0 Å². The number of hydrogen-bond donors (Lipinski definition) is 1. The highest BCUT2D eigenvalue weighted by Gasteiger charge is 2.29. The van der Waals surface area contributed by atoms with E-state index in [2.05, 4.69) is 24.1 Å². The van der Waals surface area contributed by atoms with Crippen LogP contribution in [0.5, 0.6) is 5.75 Å². The molecule has 1 fully saturated rings. The first-order valence-corrected chi connectivity index (χ1v) is 12.2. The standard InChI is InChI=1S/C23H31N3O5S/c1-4-25(5-2)20-9-7-19(8-10-20)24-23(27)17-18-6-11-21(30-3)22(16-18)32(28,29)26-12-14-31-15-13-26/h6-11,16H,4-5,12-15,17H2,1-3H3,(H,24,27). The summed E-state index contributed by atoms with van der Waals surface area (Å²) in [4.78, 5) is 14.9. The van der Waals surface area contributed by atoms with Gasteiger partial charge in [0, 0.05) is 37.6 Å². The molecule has 174 valence electrons. The maximum Gasteiger partial charge on any atom is 0.246 e. The normalized spacial score (nSPS) is 14.7. The van der Waals surface area contributed by atoms with Crippen LogP contribution in [0.15, 0.2) is 47.4 Å². The van der Waals surface area contributed by atoms with Gasteiger partial charge in [-0.1, -0.05) is 6.07 Å². The number of anilines is 2. The molecule has 0 atom stereocenters. The highest BCUT2D eigenvalue weighted by atomic mass is 32.2. The van der Waals surface area contributed by atoms with Gasteiger partial charge in [-0.05, 0) is 55.8 Å². The first kappa shape index (κ1) is 24.0. The zero-order valence-corrected chi connectivity index (χ0v) is 19.7. The molecule has 2 aromatic carbocycles. The first-order chi connectivity index (χ1) is 15.4. The van der Waals surface area contributed by atoms with Gasteiger partial charge in [0.05, 0.1) is 26.7 Å². The zero-order valence-electron chi connectivity index (χ0n) is 18.8. The summed E-state index contributed by atoms with van der Waals surface area (Å²) >= 11 is 0. The molecule has 2 aromatic rings. The molecule has 0 aromatic heterocycles. The van der Waals surface area contributed by atoms with Crippen molar-refractivity contribution in [1.82, 2.24) is 4.31 Å². The monoisotopic (exact) mass is 461 g/mol. The fourth-order valence-electron chi connectivity index (χ4n) is 3.69. The number of carbonyl (C=O) groups excluding carboxylic acids is 1. The number of rotatable bonds is 9. The van der Waals surface area contributed by atoms with Crippen LogP contribution in [-0.2, 0) is 26.0 Å². The Morgan fingerprint density at radius 3 is 2.34 bits per heavy atom. The molecule has 0 spiro atoms. The lowest BCUT2D eigenvalue weighted by atomic mass is 10.1. The number of carbonyl (C=O) groups is 1. The summed E-state index contributed by atoms with van der Waals surface area (Å²) in [6.07, 6.45) is 0.0490. The topological polar surface area (TPSA) is 88.2 Å². The van der Waals surface area contributed by atoms with Crippen LogP contribution in [0.2, 0.25) is 0 Å². The van der Waals surface area contributed by atoms with Gasteiger partial charge in [0.15, 0.2) is 0 Å². The van der Waals surface area contributed by atoms with E-state index in [1.54, 1.807) is 12.1 Å². The number of sulfonamides is 1. The molecule has 1 heterocycles. The quantitative estimate of drug-likeness (QED) is 0.618. The number of amides is 1. The van der Waals surface area contributed by atoms with E-state index in [0.717, 1.165) is 18.8 Å². The van der Waals surface area contributed by atoms with Crippen molar-refractivity contribution >= 4 is 27.3 Å². The highest BCUT2D eigenvalue weighted by molar-refractivity contribution is 7.89. The Morgan fingerprint density at radius 2 is 1.75 bits per heavy atom. The molecule has 1 N–H and O–H groups in total. The summed E-state index contributed by atoms with van der Waals surface area (Å²) in [6.45, 7) is 7.32. The van der Waals surface area contributed by atoms with Gasteiger partial charge in [0.2, 0.25) is 15.9 Å². The van der Waals surface area contributed by atoms with Crippen LogP contribution >= 0.6 is 0 Å². The molecule has 1 aliphatic heterocycles. The maximum absolute atomic E-state index is 13.1. The second kappa shape index (κ2) is 10.8. The Labute approximate surface area is 190 Å². The van der Waals surface area contributed by atoms with Gasteiger partial charge < -0.3 is 19.7 Å². The molecule has 0 saturated carbocycles. The van der Waals surface area contributed by atoms with Crippen molar-refractivity contribution in [2.24, 2.45) is 0 Å². The summed E-state index contributed by atoms with van der Waals surface area (Å²) in [5.41, 5.74) is 2.39. The average molecular weight is 462 g/mol. The number of ether oxygens (including phenoxy) is 2. The van der Waals surface area contributed by atoms with E-state index >= 15 is 0 Å². The van der Waals surface area contributed by atoms with Gasteiger partial charge in [-0.2, -0.15) is 4.31 Å². The number of morpholine rings is 1. The Morgan fingerprint density at radius 1 is 1.09 bits per heavy atom. The van der Waals surface area contributed by atoms with Crippen molar-refractivity contribution in [2.75, 3.05) is 56.7 Å². The van der Waals surface area contributed by atoms with E-state index < -0.39 is 10.0 Å². The third kappa shape index (κ3) is 5.59. The number of methoxy groups -OCH3 is 1. The Kier molecular flexibility index (Phi) is 8.11. The minimum atomic E-state index is -3.75. The van der Waals surface area contributed by atoms with E-state index in [9.17, 15) is 13.2 Å². The SMILES string of the molecule is CCN(CC)c1ccc(NC(=O)Cc2ccc(OC)c(S(=O)(=O)N3CCOCC3)c2)cc1. The molecular weight excluding hydrogens is 430 g/mol. The fourth-order valence-corrected chi connectivity index (χ4v) is 5.31. The van der Waals surface area contributed by atoms with Crippen molar-refractivity contribution in [3.63, 3.8) is 0 Å². The van der Waals surface area contributed by atoms with Crippen molar-refractivity contribution < 1.29 is 22.7 Å². The molecule has 0 radical (unpaired) electrons. The number of benzene rings is 2. The first-order valence-electron chi connectivity index (χ1n) is 10.8. The molecular formula is C23H31N3O5S. The molecule has 1 aliphatic rings. The van der Waals surface area contributed by atoms with Crippen LogP contribution in [0.25, 0.3) is 0 Å². The molecule has 0 aliphatic carbocycles. The van der Waals surface area contributed by atoms with Crippen LogP contribution in [0.1, 0.15) is 19.4 Å². The fraction of sp³-hybridized carbons (Fsp3) is 0.435. The summed E-state index contributed by atoms with van der Waals surface area (Å²) in [5, 5.41) is 2.88. The largest absolute Gasteiger partial charge is 0.495 e. The van der Waals surface area contributed by atoms with Crippen molar-refractivity contribution in [3.8, 4) is 5.75 Å². The summed E-state index contributed by atoms with van der Waals surface area (Å²) in [7, 11) is -2.32. The minimum absolute atomic E-state index is 0.0490. The number of hydrogen-bond acceptors (Lipinski definition) is 6. The van der Waals surface area contributed by atoms with E-state index in [-0.39, 0.29) is 23.0 Å². The molecule has 0 bridgehead atoms. The van der Waals surface area contributed by atoms with Crippen molar-refractivity contribution in [1.29, 1.82) is 0 Å². The van der Waals surface area contributed by atoms with Gasteiger partial charge in [0.25, 0.3) is 0 Å². The lowest BCUT2D eigenvalue weighted by Gasteiger charge is -2.26. The van der Waals surface area contributed by atoms with Gasteiger partial charge in [-0.25, -0.2) is 8.42 Å². The molecule has 3 rings (SSSR count). The van der Waals surface area contributed by atoms with E-state index in [0.29, 0.717) is 37.6 Å². The second-order valence-electron chi connectivity index (χ2n) is 7.45. The van der Waals surface area contributed by atoms with Gasteiger partial charge >= 0.3 is 0 Å². The number of nitrogens with one attached hydrogen (secondary N) is 1.